The van der Waals surface area contributed by atoms with E-state index in [1.807, 2.05) is 25.1 Å². The molecule has 0 unspecified atom stereocenters. The first-order chi connectivity index (χ1) is 17.6. The Morgan fingerprint density at radius 2 is 1.83 bits per heavy atom. The second-order valence-electron chi connectivity index (χ2n) is 9.37. The molecule has 0 aliphatic carbocycles. The van der Waals surface area contributed by atoms with E-state index >= 15 is 0 Å². The summed E-state index contributed by atoms with van der Waals surface area (Å²) in [6, 6.07) is 20.8. The fourth-order valence-electron chi connectivity index (χ4n) is 5.20. The Morgan fingerprint density at radius 3 is 2.56 bits per heavy atom. The number of carbonyl (C=O) groups excluding carboxylic acids is 1. The highest BCUT2D eigenvalue weighted by Gasteiger charge is 2.27. The van der Waals surface area contributed by atoms with Gasteiger partial charge >= 0.3 is 0 Å². The Kier molecular flexibility index (Phi) is 6.96. The van der Waals surface area contributed by atoms with Gasteiger partial charge in [-0.15, -0.1) is 0 Å². The third-order valence-electron chi connectivity index (χ3n) is 6.96. The number of hydrogen-bond donors (Lipinski definition) is 3. The van der Waals surface area contributed by atoms with Gasteiger partial charge in [0.25, 0.3) is 5.91 Å². The molecule has 0 saturated carbocycles. The van der Waals surface area contributed by atoms with Gasteiger partial charge in [-0.2, -0.15) is 0 Å². The minimum absolute atomic E-state index is 0.0848. The maximum Gasteiger partial charge on any atom is 0.258 e. The standard InChI is InChI=1S/C30H34N4O2/c1-4-6-21-7-5-8-27(36-3)29(21)22-9-14-26-25(19-22)28(30(35)33-26)20(2)32-23-10-12-24(13-11-23)34-17-15-31-16-18-34/h5,7-14,19,31-32H,4,6,15-18H2,1-3H3,(H,33,35)/b28-20-. The number of aryl methyl sites for hydroxylation is 1. The maximum absolute atomic E-state index is 13.0. The monoisotopic (exact) mass is 482 g/mol. The normalized spacial score (nSPS) is 16.4. The number of nitrogens with zero attached hydrogens (tertiary/aromatic N) is 1. The molecule has 0 atom stereocenters. The lowest BCUT2D eigenvalue weighted by molar-refractivity contribution is -0.110. The van der Waals surface area contributed by atoms with E-state index in [1.54, 1.807) is 7.11 Å². The number of allylic oxidation sites excluding steroid dienone is 1. The van der Waals surface area contributed by atoms with E-state index in [0.29, 0.717) is 5.57 Å². The summed E-state index contributed by atoms with van der Waals surface area (Å²) in [6.45, 7) is 8.20. The van der Waals surface area contributed by atoms with Crippen LogP contribution in [0.4, 0.5) is 17.1 Å². The minimum Gasteiger partial charge on any atom is -0.496 e. The van der Waals surface area contributed by atoms with Crippen molar-refractivity contribution in [2.75, 3.05) is 48.8 Å². The molecule has 3 N–H and O–H groups in total. The van der Waals surface area contributed by atoms with Gasteiger partial charge in [-0.25, -0.2) is 0 Å². The van der Waals surface area contributed by atoms with Gasteiger partial charge in [-0.05, 0) is 66.9 Å². The molecule has 1 fully saturated rings. The molecule has 186 valence electrons. The first kappa shape index (κ1) is 23.9. The number of hydrogen-bond acceptors (Lipinski definition) is 5. The lowest BCUT2D eigenvalue weighted by atomic mass is 9.93. The molecule has 2 aliphatic rings. The van der Waals surface area contributed by atoms with Crippen molar-refractivity contribution in [2.24, 2.45) is 0 Å². The van der Waals surface area contributed by atoms with E-state index in [-0.39, 0.29) is 5.91 Å². The van der Waals surface area contributed by atoms with Crippen LogP contribution in [0.15, 0.2) is 66.4 Å². The summed E-state index contributed by atoms with van der Waals surface area (Å²) < 4.78 is 5.72. The number of fused-ring (bicyclic) bond motifs is 1. The van der Waals surface area contributed by atoms with Gasteiger partial charge in [0.2, 0.25) is 0 Å². The fraction of sp³-hybridized carbons (Fsp3) is 0.300. The summed E-state index contributed by atoms with van der Waals surface area (Å²) in [6.07, 6.45) is 2.01. The molecule has 0 bridgehead atoms. The molecule has 3 aromatic carbocycles. The van der Waals surface area contributed by atoms with E-state index in [2.05, 4.69) is 70.2 Å². The summed E-state index contributed by atoms with van der Waals surface area (Å²) in [5, 5.41) is 9.89. The molecule has 6 nitrogen and oxygen atoms in total. The van der Waals surface area contributed by atoms with Crippen molar-refractivity contribution < 1.29 is 9.53 Å². The molecule has 2 heterocycles. The lowest BCUT2D eigenvalue weighted by Crippen LogP contribution is -2.43. The van der Waals surface area contributed by atoms with Crippen LogP contribution in [0.3, 0.4) is 0 Å². The minimum atomic E-state index is -0.0848. The molecule has 6 heteroatoms. The highest BCUT2D eigenvalue weighted by atomic mass is 16.5. The Balaban J connectivity index is 1.46. The summed E-state index contributed by atoms with van der Waals surface area (Å²) in [7, 11) is 1.71. The van der Waals surface area contributed by atoms with Gasteiger partial charge in [-0.1, -0.05) is 31.5 Å². The Labute approximate surface area is 213 Å². The van der Waals surface area contributed by atoms with Gasteiger partial charge < -0.3 is 25.6 Å². The number of amides is 1. The molecule has 1 amide bonds. The maximum atomic E-state index is 13.0. The lowest BCUT2D eigenvalue weighted by Gasteiger charge is -2.29. The molecule has 0 spiro atoms. The quantitative estimate of drug-likeness (QED) is 0.387. The zero-order valence-corrected chi connectivity index (χ0v) is 21.3. The van der Waals surface area contributed by atoms with Crippen molar-refractivity contribution in [2.45, 2.75) is 26.7 Å². The van der Waals surface area contributed by atoms with Gasteiger partial charge in [0.15, 0.2) is 0 Å². The zero-order valence-electron chi connectivity index (χ0n) is 21.3. The topological polar surface area (TPSA) is 65.6 Å². The van der Waals surface area contributed by atoms with Crippen LogP contribution in [0.2, 0.25) is 0 Å². The van der Waals surface area contributed by atoms with Crippen molar-refractivity contribution in [3.05, 3.63) is 77.5 Å². The summed E-state index contributed by atoms with van der Waals surface area (Å²) >= 11 is 0. The van der Waals surface area contributed by atoms with Gasteiger partial charge in [0.05, 0.1) is 12.7 Å². The number of piperazine rings is 1. The van der Waals surface area contributed by atoms with Crippen LogP contribution in [0.5, 0.6) is 5.75 Å². The molecule has 3 aromatic rings. The highest BCUT2D eigenvalue weighted by molar-refractivity contribution is 6.32. The van der Waals surface area contributed by atoms with Gasteiger partial charge in [0, 0.05) is 60.1 Å². The van der Waals surface area contributed by atoms with Gasteiger partial charge in [-0.3, -0.25) is 4.79 Å². The SMILES string of the molecule is CCCc1cccc(OC)c1-c1ccc2c(c1)/C(=C(\C)Nc1ccc(N3CCNCC3)cc1)C(=O)N2. The van der Waals surface area contributed by atoms with Crippen molar-refractivity contribution in [3.8, 4) is 16.9 Å². The Hall–Kier alpha value is -3.77. The second-order valence-corrected chi connectivity index (χ2v) is 9.37. The highest BCUT2D eigenvalue weighted by Crippen LogP contribution is 2.40. The number of ether oxygens (including phenoxy) is 1. The van der Waals surface area contributed by atoms with E-state index in [1.165, 1.54) is 11.3 Å². The number of rotatable bonds is 7. The van der Waals surface area contributed by atoms with Crippen molar-refractivity contribution >= 4 is 28.5 Å². The number of methoxy groups -OCH3 is 1. The number of anilines is 3. The average Bonchev–Trinajstić information content (AvgIpc) is 3.24. The van der Waals surface area contributed by atoms with E-state index in [9.17, 15) is 4.79 Å². The van der Waals surface area contributed by atoms with Crippen LogP contribution in [0.25, 0.3) is 16.7 Å². The van der Waals surface area contributed by atoms with Crippen LogP contribution in [-0.4, -0.2) is 39.2 Å². The summed E-state index contributed by atoms with van der Waals surface area (Å²) in [5.41, 5.74) is 8.83. The third-order valence-corrected chi connectivity index (χ3v) is 6.96. The smallest absolute Gasteiger partial charge is 0.258 e. The van der Waals surface area contributed by atoms with Crippen LogP contribution < -0.4 is 25.6 Å². The first-order valence-electron chi connectivity index (χ1n) is 12.7. The Bertz CT molecular complexity index is 1290. The summed E-state index contributed by atoms with van der Waals surface area (Å²) in [4.78, 5) is 15.4. The molecular formula is C30H34N4O2. The molecule has 0 radical (unpaired) electrons. The first-order valence-corrected chi connectivity index (χ1v) is 12.7. The number of carbonyl (C=O) groups is 1. The van der Waals surface area contributed by atoms with Crippen molar-refractivity contribution in [3.63, 3.8) is 0 Å². The molecule has 0 aromatic heterocycles. The molecule has 2 aliphatic heterocycles. The molecular weight excluding hydrogens is 448 g/mol. The molecule has 36 heavy (non-hydrogen) atoms. The predicted molar refractivity (Wildman–Crippen MR) is 149 cm³/mol. The van der Waals surface area contributed by atoms with E-state index in [0.717, 1.165) is 78.5 Å². The average molecular weight is 483 g/mol. The van der Waals surface area contributed by atoms with E-state index in [4.69, 9.17) is 4.74 Å². The van der Waals surface area contributed by atoms with Gasteiger partial charge in [0.1, 0.15) is 5.75 Å². The van der Waals surface area contributed by atoms with Crippen LogP contribution in [0.1, 0.15) is 31.4 Å². The van der Waals surface area contributed by atoms with Crippen molar-refractivity contribution in [1.29, 1.82) is 0 Å². The van der Waals surface area contributed by atoms with Crippen LogP contribution in [-0.2, 0) is 11.2 Å². The predicted octanol–water partition coefficient (Wildman–Crippen LogP) is 5.52. The number of benzene rings is 3. The molecule has 5 rings (SSSR count). The van der Waals surface area contributed by atoms with Crippen LogP contribution >= 0.6 is 0 Å². The van der Waals surface area contributed by atoms with Crippen LogP contribution in [0, 0.1) is 0 Å². The largest absolute Gasteiger partial charge is 0.496 e. The zero-order chi connectivity index (χ0) is 25.1. The third kappa shape index (κ3) is 4.69. The fourth-order valence-corrected chi connectivity index (χ4v) is 5.20. The summed E-state index contributed by atoms with van der Waals surface area (Å²) in [5.74, 6) is 0.765. The number of nitrogens with one attached hydrogen (secondary N) is 3. The van der Waals surface area contributed by atoms with Crippen molar-refractivity contribution in [1.82, 2.24) is 5.32 Å². The second kappa shape index (κ2) is 10.5. The molecule has 1 saturated heterocycles. The Morgan fingerprint density at radius 1 is 1.06 bits per heavy atom. The van der Waals surface area contributed by atoms with E-state index < -0.39 is 0 Å².